The van der Waals surface area contributed by atoms with Crippen LogP contribution in [0.4, 0.5) is 5.69 Å². The highest BCUT2D eigenvalue weighted by Gasteiger charge is 2.17. The van der Waals surface area contributed by atoms with Gasteiger partial charge in [-0.25, -0.2) is 9.97 Å². The maximum absolute atomic E-state index is 12.6. The van der Waals surface area contributed by atoms with Gasteiger partial charge in [0.05, 0.1) is 16.5 Å². The van der Waals surface area contributed by atoms with Crippen LogP contribution in [0.15, 0.2) is 59.4 Å². The zero-order valence-electron chi connectivity index (χ0n) is 17.9. The molecule has 164 valence electrons. The summed E-state index contributed by atoms with van der Waals surface area (Å²) in [6, 6.07) is 14.9. The zero-order valence-corrected chi connectivity index (χ0v) is 18.7. The number of para-hydroxylation sites is 2. The van der Waals surface area contributed by atoms with Gasteiger partial charge in [-0.2, -0.15) is 0 Å². The molecule has 9 heteroatoms. The minimum Gasteiger partial charge on any atom is -0.372 e. The molecule has 8 nitrogen and oxygen atoms in total. The van der Waals surface area contributed by atoms with Crippen LogP contribution in [0.3, 0.4) is 0 Å². The van der Waals surface area contributed by atoms with E-state index in [0.29, 0.717) is 17.1 Å². The molecular weight excluding hydrogens is 424 g/mol. The van der Waals surface area contributed by atoms with Crippen LogP contribution < -0.4 is 15.8 Å². The molecule has 0 bridgehead atoms. The molecule has 2 amide bonds. The second-order valence-electron chi connectivity index (χ2n) is 7.11. The van der Waals surface area contributed by atoms with E-state index < -0.39 is 0 Å². The Morgan fingerprint density at radius 2 is 1.78 bits per heavy atom. The van der Waals surface area contributed by atoms with E-state index in [-0.39, 0.29) is 18.4 Å². The molecule has 4 aromatic rings. The van der Waals surface area contributed by atoms with Crippen molar-refractivity contribution in [3.05, 3.63) is 65.0 Å². The number of rotatable bonds is 7. The summed E-state index contributed by atoms with van der Waals surface area (Å²) in [7, 11) is 0. The number of nitrogens with one attached hydrogen (secondary N) is 2. The SMILES string of the molecule is CCN(CC)c1ccc(C(=O)NNC(=O)Cn2c(-c3cscn3)nc3ccccc32)cc1. The van der Waals surface area contributed by atoms with Gasteiger partial charge in [0, 0.05) is 29.7 Å². The normalized spacial score (nSPS) is 10.8. The van der Waals surface area contributed by atoms with Gasteiger partial charge in [-0.1, -0.05) is 12.1 Å². The summed E-state index contributed by atoms with van der Waals surface area (Å²) in [4.78, 5) is 36.2. The fourth-order valence-corrected chi connectivity index (χ4v) is 4.08. The van der Waals surface area contributed by atoms with Crippen molar-refractivity contribution in [3.8, 4) is 11.5 Å². The standard InChI is InChI=1S/C23H24N6O2S/c1-3-28(4-2)17-11-9-16(10-12-17)23(31)27-26-21(30)13-29-20-8-6-5-7-18(20)25-22(29)19-14-32-15-24-19/h5-12,14-15H,3-4,13H2,1-2H3,(H,26,30)(H,27,31). The number of thiazole rings is 1. The molecule has 0 fully saturated rings. The van der Waals surface area contributed by atoms with Crippen LogP contribution in [0.2, 0.25) is 0 Å². The molecule has 0 saturated heterocycles. The Kier molecular flexibility index (Phi) is 6.46. The van der Waals surface area contributed by atoms with Crippen molar-refractivity contribution in [1.82, 2.24) is 25.4 Å². The lowest BCUT2D eigenvalue weighted by Gasteiger charge is -2.21. The predicted octanol–water partition coefficient (Wildman–Crippen LogP) is 3.47. The van der Waals surface area contributed by atoms with E-state index in [4.69, 9.17) is 0 Å². The highest BCUT2D eigenvalue weighted by molar-refractivity contribution is 7.07. The van der Waals surface area contributed by atoms with Crippen LogP contribution in [0.1, 0.15) is 24.2 Å². The summed E-state index contributed by atoms with van der Waals surface area (Å²) in [6.45, 7) is 5.95. The first-order valence-electron chi connectivity index (χ1n) is 10.4. The fourth-order valence-electron chi connectivity index (χ4n) is 3.55. The van der Waals surface area contributed by atoms with Crippen molar-refractivity contribution in [3.63, 3.8) is 0 Å². The van der Waals surface area contributed by atoms with E-state index in [0.717, 1.165) is 29.8 Å². The number of carbonyl (C=O) groups is 2. The van der Waals surface area contributed by atoms with Gasteiger partial charge in [0.1, 0.15) is 12.2 Å². The average molecular weight is 449 g/mol. The zero-order chi connectivity index (χ0) is 22.5. The van der Waals surface area contributed by atoms with Crippen LogP contribution in [0.5, 0.6) is 0 Å². The van der Waals surface area contributed by atoms with E-state index in [1.165, 1.54) is 11.3 Å². The Balaban J connectivity index is 1.44. The number of amides is 2. The molecule has 2 aromatic carbocycles. The topological polar surface area (TPSA) is 92.2 Å². The predicted molar refractivity (Wildman–Crippen MR) is 126 cm³/mol. The Hall–Kier alpha value is -3.72. The van der Waals surface area contributed by atoms with Gasteiger partial charge in [-0.15, -0.1) is 11.3 Å². The molecule has 0 unspecified atom stereocenters. The summed E-state index contributed by atoms with van der Waals surface area (Å²) in [6.07, 6.45) is 0. The van der Waals surface area contributed by atoms with Gasteiger partial charge in [-0.3, -0.25) is 20.4 Å². The van der Waals surface area contributed by atoms with Crippen LogP contribution in [0.25, 0.3) is 22.6 Å². The van der Waals surface area contributed by atoms with Crippen LogP contribution in [-0.2, 0) is 11.3 Å². The third kappa shape index (κ3) is 4.47. The smallest absolute Gasteiger partial charge is 0.269 e. The number of aromatic nitrogens is 3. The van der Waals surface area contributed by atoms with E-state index in [1.807, 2.05) is 41.8 Å². The van der Waals surface area contributed by atoms with E-state index in [1.54, 1.807) is 22.2 Å². The maximum atomic E-state index is 12.6. The molecule has 32 heavy (non-hydrogen) atoms. The maximum Gasteiger partial charge on any atom is 0.269 e. The third-order valence-electron chi connectivity index (χ3n) is 5.19. The Morgan fingerprint density at radius 1 is 1.03 bits per heavy atom. The number of benzene rings is 2. The number of hydrazine groups is 1. The van der Waals surface area contributed by atoms with E-state index in [2.05, 4.69) is 39.6 Å². The van der Waals surface area contributed by atoms with E-state index in [9.17, 15) is 9.59 Å². The van der Waals surface area contributed by atoms with Gasteiger partial charge in [0.15, 0.2) is 5.82 Å². The number of fused-ring (bicyclic) bond motifs is 1. The Morgan fingerprint density at radius 3 is 2.47 bits per heavy atom. The minimum absolute atomic E-state index is 0.00541. The van der Waals surface area contributed by atoms with Gasteiger partial charge in [0.2, 0.25) is 0 Å². The van der Waals surface area contributed by atoms with Crippen LogP contribution in [-0.4, -0.2) is 39.4 Å². The Bertz CT molecular complexity index is 1210. The molecule has 0 aliphatic rings. The van der Waals surface area contributed by atoms with Gasteiger partial charge in [0.25, 0.3) is 11.8 Å². The van der Waals surface area contributed by atoms with Crippen molar-refractivity contribution >= 4 is 39.9 Å². The molecule has 0 spiro atoms. The molecule has 2 aromatic heterocycles. The second kappa shape index (κ2) is 9.61. The van der Waals surface area contributed by atoms with Crippen molar-refractivity contribution in [2.45, 2.75) is 20.4 Å². The summed E-state index contributed by atoms with van der Waals surface area (Å²) < 4.78 is 1.80. The van der Waals surface area contributed by atoms with Crippen molar-refractivity contribution in [2.24, 2.45) is 0 Å². The third-order valence-corrected chi connectivity index (χ3v) is 5.78. The second-order valence-corrected chi connectivity index (χ2v) is 7.82. The molecular formula is C23H24N6O2S. The Labute approximate surface area is 189 Å². The number of imidazole rings is 1. The number of nitrogens with zero attached hydrogens (tertiary/aromatic N) is 4. The van der Waals surface area contributed by atoms with Crippen molar-refractivity contribution in [2.75, 3.05) is 18.0 Å². The summed E-state index contributed by atoms with van der Waals surface area (Å²) in [5, 5.41) is 1.89. The van der Waals surface area contributed by atoms with Gasteiger partial charge < -0.3 is 9.47 Å². The molecule has 0 radical (unpaired) electrons. The largest absolute Gasteiger partial charge is 0.372 e. The summed E-state index contributed by atoms with van der Waals surface area (Å²) in [5.74, 6) is -0.127. The lowest BCUT2D eigenvalue weighted by atomic mass is 10.2. The first kappa shape index (κ1) is 21.5. The molecule has 2 heterocycles. The number of hydrogen-bond acceptors (Lipinski definition) is 6. The molecule has 2 N–H and O–H groups in total. The number of hydrogen-bond donors (Lipinski definition) is 2. The molecule has 0 aliphatic carbocycles. The molecule has 0 saturated carbocycles. The highest BCUT2D eigenvalue weighted by Crippen LogP contribution is 2.24. The average Bonchev–Trinajstić information content (AvgIpc) is 3.47. The minimum atomic E-state index is -0.375. The first-order valence-corrected chi connectivity index (χ1v) is 11.3. The van der Waals surface area contributed by atoms with Crippen molar-refractivity contribution < 1.29 is 9.59 Å². The number of carbonyl (C=O) groups excluding carboxylic acids is 2. The lowest BCUT2D eigenvalue weighted by molar-refractivity contribution is -0.122. The monoisotopic (exact) mass is 448 g/mol. The quantitative estimate of drug-likeness (QED) is 0.423. The fraction of sp³-hybridized carbons (Fsp3) is 0.217. The highest BCUT2D eigenvalue weighted by atomic mass is 32.1. The molecule has 4 rings (SSSR count). The van der Waals surface area contributed by atoms with Gasteiger partial charge in [-0.05, 0) is 50.2 Å². The summed E-state index contributed by atoms with van der Waals surface area (Å²) in [5.41, 5.74) is 10.5. The first-order chi connectivity index (χ1) is 15.6. The molecule has 0 aliphatic heterocycles. The van der Waals surface area contributed by atoms with Gasteiger partial charge >= 0.3 is 0 Å². The van der Waals surface area contributed by atoms with Crippen molar-refractivity contribution in [1.29, 1.82) is 0 Å². The lowest BCUT2D eigenvalue weighted by Crippen LogP contribution is -2.43. The van der Waals surface area contributed by atoms with Crippen LogP contribution >= 0.6 is 11.3 Å². The van der Waals surface area contributed by atoms with E-state index >= 15 is 0 Å². The summed E-state index contributed by atoms with van der Waals surface area (Å²) >= 11 is 1.46. The van der Waals surface area contributed by atoms with Crippen LogP contribution in [0, 0.1) is 0 Å². The number of anilines is 1. The molecule has 0 atom stereocenters.